The van der Waals surface area contributed by atoms with Gasteiger partial charge < -0.3 is 14.9 Å². The molecule has 0 saturated carbocycles. The van der Waals surface area contributed by atoms with Gasteiger partial charge in [0, 0.05) is 0 Å². The fourth-order valence-electron chi connectivity index (χ4n) is 2.28. The van der Waals surface area contributed by atoms with Crippen molar-refractivity contribution >= 4 is 14.3 Å². The number of carbonyl (C=O) groups is 1. The number of rotatable bonds is 5. The summed E-state index contributed by atoms with van der Waals surface area (Å²) < 4.78 is 11.4. The van der Waals surface area contributed by atoms with E-state index >= 15 is 0 Å². The van der Waals surface area contributed by atoms with Gasteiger partial charge in [0.05, 0.1) is 13.2 Å². The Bertz CT molecular complexity index is 582. The first-order chi connectivity index (χ1) is 11.2. The largest absolute Gasteiger partial charge is 0.468 e. The van der Waals surface area contributed by atoms with Crippen molar-refractivity contribution in [3.63, 3.8) is 0 Å². The van der Waals surface area contributed by atoms with Gasteiger partial charge in [-0.25, -0.2) is 0 Å². The van der Waals surface area contributed by atoms with Gasteiger partial charge in [-0.3, -0.25) is 4.79 Å². The second kappa shape index (κ2) is 7.60. The van der Waals surface area contributed by atoms with Gasteiger partial charge in [-0.2, -0.15) is 0 Å². The molecule has 0 aromatic heterocycles. The molecule has 0 unspecified atom stereocenters. The maximum absolute atomic E-state index is 12.1. The molecular weight excluding hydrogens is 330 g/mol. The number of carbonyl (C=O) groups excluding carboxylic acids is 1. The van der Waals surface area contributed by atoms with Crippen molar-refractivity contribution in [3.8, 4) is 0 Å². The third-order valence-corrected chi connectivity index (χ3v) is 9.59. The third-order valence-electron chi connectivity index (χ3n) is 5.13. The highest BCUT2D eigenvalue weighted by Crippen LogP contribution is 2.40. The summed E-state index contributed by atoms with van der Waals surface area (Å²) in [6.07, 6.45) is -0.512. The van der Waals surface area contributed by atoms with E-state index in [4.69, 9.17) is 14.9 Å². The summed E-state index contributed by atoms with van der Waals surface area (Å²) in [6.45, 7) is 17.3. The molecule has 142 valence electrons. The molecular formula is C20H35NO3Si. The van der Waals surface area contributed by atoms with Crippen LogP contribution in [0.3, 0.4) is 0 Å². The van der Waals surface area contributed by atoms with E-state index in [-0.39, 0.29) is 10.5 Å². The fourth-order valence-corrected chi connectivity index (χ4v) is 3.55. The van der Waals surface area contributed by atoms with Crippen LogP contribution >= 0.6 is 0 Å². The molecule has 0 aliphatic carbocycles. The Labute approximate surface area is 154 Å². The Morgan fingerprint density at radius 3 is 1.88 bits per heavy atom. The molecule has 0 radical (unpaired) electrons. The molecule has 1 rings (SSSR count). The molecule has 0 amide bonds. The second-order valence-corrected chi connectivity index (χ2v) is 14.0. The zero-order valence-electron chi connectivity index (χ0n) is 17.3. The first kappa shape index (κ1) is 21.9. The Hall–Kier alpha value is -1.17. The molecule has 5 heteroatoms. The van der Waals surface area contributed by atoms with Crippen LogP contribution in [0.25, 0.3) is 0 Å². The van der Waals surface area contributed by atoms with E-state index in [0.29, 0.717) is 0 Å². The van der Waals surface area contributed by atoms with Crippen LogP contribution in [-0.4, -0.2) is 27.4 Å². The smallest absolute Gasteiger partial charge is 0.325 e. The van der Waals surface area contributed by atoms with Gasteiger partial charge in [0.15, 0.2) is 8.32 Å². The summed E-state index contributed by atoms with van der Waals surface area (Å²) >= 11 is 0. The average molecular weight is 366 g/mol. The van der Waals surface area contributed by atoms with Crippen LogP contribution < -0.4 is 5.73 Å². The minimum absolute atomic E-state index is 0.0203. The Kier molecular flexibility index (Phi) is 6.65. The van der Waals surface area contributed by atoms with E-state index in [1.54, 1.807) is 0 Å². The maximum Gasteiger partial charge on any atom is 0.325 e. The van der Waals surface area contributed by atoms with E-state index in [1.807, 2.05) is 12.1 Å². The summed E-state index contributed by atoms with van der Waals surface area (Å²) in [4.78, 5) is 12.1. The Balaban J connectivity index is 3.26. The number of hydrogen-bond acceptors (Lipinski definition) is 4. The predicted octanol–water partition coefficient (Wildman–Crippen LogP) is 4.55. The molecule has 1 aromatic rings. The number of methoxy groups -OCH3 is 1. The molecule has 0 aliphatic rings. The zero-order chi connectivity index (χ0) is 19.6. The fraction of sp³-hybridized carbons (Fsp3) is 0.650. The van der Waals surface area contributed by atoms with Crippen LogP contribution in [0.5, 0.6) is 0 Å². The lowest BCUT2D eigenvalue weighted by atomic mass is 9.86. The lowest BCUT2D eigenvalue weighted by molar-refractivity contribution is -0.144. The molecule has 0 aliphatic heterocycles. The van der Waals surface area contributed by atoms with E-state index < -0.39 is 26.4 Å². The van der Waals surface area contributed by atoms with Gasteiger partial charge in [0.1, 0.15) is 6.04 Å². The summed E-state index contributed by atoms with van der Waals surface area (Å²) in [7, 11) is -0.755. The van der Waals surface area contributed by atoms with Crippen molar-refractivity contribution in [1.82, 2.24) is 0 Å². The van der Waals surface area contributed by atoms with Gasteiger partial charge in [-0.05, 0) is 34.7 Å². The molecule has 2 N–H and O–H groups in total. The molecule has 0 bridgehead atoms. The molecule has 0 heterocycles. The lowest BCUT2D eigenvalue weighted by Gasteiger charge is -2.40. The lowest BCUT2D eigenvalue weighted by Crippen LogP contribution is -2.48. The monoisotopic (exact) mass is 365 g/mol. The number of nitrogens with two attached hydrogens (primary N) is 1. The van der Waals surface area contributed by atoms with Crippen LogP contribution in [0.15, 0.2) is 24.3 Å². The number of esters is 1. The van der Waals surface area contributed by atoms with Crippen molar-refractivity contribution in [1.29, 1.82) is 0 Å². The molecule has 0 fully saturated rings. The van der Waals surface area contributed by atoms with Crippen LogP contribution in [0, 0.1) is 0 Å². The number of hydrogen-bond donors (Lipinski definition) is 1. The Morgan fingerprint density at radius 1 is 1.04 bits per heavy atom. The van der Waals surface area contributed by atoms with Gasteiger partial charge in [-0.1, -0.05) is 65.8 Å². The third kappa shape index (κ3) is 5.40. The van der Waals surface area contributed by atoms with Crippen molar-refractivity contribution in [3.05, 3.63) is 35.4 Å². The van der Waals surface area contributed by atoms with E-state index in [2.05, 4.69) is 66.8 Å². The Morgan fingerprint density at radius 2 is 1.52 bits per heavy atom. The van der Waals surface area contributed by atoms with Crippen LogP contribution in [0.1, 0.15) is 58.8 Å². The topological polar surface area (TPSA) is 61.5 Å². The second-order valence-electron chi connectivity index (χ2n) is 9.22. The normalized spacial score (nSPS) is 15.6. The van der Waals surface area contributed by atoms with Gasteiger partial charge >= 0.3 is 5.97 Å². The SMILES string of the molecule is COC(=O)[C@@H](N)[C@@H](O[Si](C)(C)C(C)(C)C)c1ccc(C(C)(C)C)cc1. The molecule has 2 atom stereocenters. The van der Waals surface area contributed by atoms with E-state index in [0.717, 1.165) is 5.56 Å². The highest BCUT2D eigenvalue weighted by atomic mass is 28.4. The number of ether oxygens (including phenoxy) is 1. The minimum Gasteiger partial charge on any atom is -0.468 e. The van der Waals surface area contributed by atoms with Crippen LogP contribution in [0.2, 0.25) is 18.1 Å². The average Bonchev–Trinajstić information content (AvgIpc) is 2.49. The summed E-state index contributed by atoms with van der Waals surface area (Å²) in [6, 6.07) is 7.35. The van der Waals surface area contributed by atoms with Crippen molar-refractivity contribution in [2.75, 3.05) is 7.11 Å². The van der Waals surface area contributed by atoms with Crippen LogP contribution in [-0.2, 0) is 19.4 Å². The predicted molar refractivity (Wildman–Crippen MR) is 106 cm³/mol. The quantitative estimate of drug-likeness (QED) is 0.614. The highest BCUT2D eigenvalue weighted by molar-refractivity contribution is 6.74. The van der Waals surface area contributed by atoms with Gasteiger partial charge in [0.25, 0.3) is 0 Å². The summed E-state index contributed by atoms with van der Waals surface area (Å²) in [5.74, 6) is -0.455. The summed E-state index contributed by atoms with van der Waals surface area (Å²) in [5.41, 5.74) is 8.41. The minimum atomic E-state index is -2.11. The molecule has 0 saturated heterocycles. The van der Waals surface area contributed by atoms with Crippen molar-refractivity contribution in [2.45, 2.75) is 77.2 Å². The van der Waals surface area contributed by atoms with Crippen LogP contribution in [0.4, 0.5) is 0 Å². The summed E-state index contributed by atoms with van der Waals surface area (Å²) in [5, 5.41) is 0.0203. The molecule has 1 aromatic carbocycles. The van der Waals surface area contributed by atoms with Gasteiger partial charge in [0.2, 0.25) is 0 Å². The van der Waals surface area contributed by atoms with Crippen molar-refractivity contribution in [2.24, 2.45) is 5.73 Å². The highest BCUT2D eigenvalue weighted by Gasteiger charge is 2.42. The van der Waals surface area contributed by atoms with Gasteiger partial charge in [-0.15, -0.1) is 0 Å². The first-order valence-corrected chi connectivity index (χ1v) is 11.7. The van der Waals surface area contributed by atoms with E-state index in [1.165, 1.54) is 12.7 Å². The standard InChI is InChI=1S/C20H35NO3Si/c1-19(2,3)15-12-10-14(11-13-15)17(16(21)18(22)23-7)24-25(8,9)20(4,5)6/h10-13,16-17H,21H2,1-9H3/t16-,17-/m0/s1. The van der Waals surface area contributed by atoms with Crippen molar-refractivity contribution < 1.29 is 14.0 Å². The maximum atomic E-state index is 12.1. The molecule has 25 heavy (non-hydrogen) atoms. The number of benzene rings is 1. The zero-order valence-corrected chi connectivity index (χ0v) is 18.3. The first-order valence-electron chi connectivity index (χ1n) is 8.82. The molecule has 0 spiro atoms. The molecule has 4 nitrogen and oxygen atoms in total. The van der Waals surface area contributed by atoms with E-state index in [9.17, 15) is 4.79 Å².